The zero-order valence-corrected chi connectivity index (χ0v) is 12.4. The fourth-order valence-corrected chi connectivity index (χ4v) is 2.10. The minimum absolute atomic E-state index is 0.0276. The molecule has 0 saturated heterocycles. The van der Waals surface area contributed by atoms with Gasteiger partial charge in [-0.3, -0.25) is 10.1 Å². The Hall–Kier alpha value is -2.84. The molecule has 2 aromatic rings. The highest BCUT2D eigenvalue weighted by Crippen LogP contribution is 2.34. The number of hydrogen-bond acceptors (Lipinski definition) is 4. The van der Waals surface area contributed by atoms with Crippen LogP contribution in [0.1, 0.15) is 11.1 Å². The van der Waals surface area contributed by atoms with Crippen LogP contribution in [0.5, 0.6) is 5.75 Å². The Labute approximate surface area is 134 Å². The Morgan fingerprint density at radius 2 is 1.92 bits per heavy atom. The predicted octanol–water partition coefficient (Wildman–Crippen LogP) is 4.37. The van der Waals surface area contributed by atoms with E-state index in [-0.39, 0.29) is 23.5 Å². The zero-order valence-electron chi connectivity index (χ0n) is 12.4. The van der Waals surface area contributed by atoms with Crippen molar-refractivity contribution in [3.63, 3.8) is 0 Å². The molecular weight excluding hydrogens is 332 g/mol. The number of methoxy groups -OCH3 is 1. The largest absolute Gasteiger partial charge is 0.490 e. The molecule has 0 aliphatic carbocycles. The van der Waals surface area contributed by atoms with Crippen molar-refractivity contribution < 1.29 is 27.2 Å². The summed E-state index contributed by atoms with van der Waals surface area (Å²) in [5, 5.41) is 13.5. The molecule has 0 fully saturated rings. The van der Waals surface area contributed by atoms with Crippen molar-refractivity contribution >= 4 is 11.4 Å². The van der Waals surface area contributed by atoms with E-state index < -0.39 is 22.5 Å². The van der Waals surface area contributed by atoms with Crippen LogP contribution < -0.4 is 10.1 Å². The summed E-state index contributed by atoms with van der Waals surface area (Å²) < 4.78 is 56.7. The van der Waals surface area contributed by atoms with Crippen molar-refractivity contribution in [2.75, 3.05) is 12.4 Å². The van der Waals surface area contributed by atoms with Crippen LogP contribution >= 0.6 is 0 Å². The maximum absolute atomic E-state index is 13.1. The molecule has 1 N–H and O–H groups in total. The lowest BCUT2D eigenvalue weighted by atomic mass is 10.1. The van der Waals surface area contributed by atoms with E-state index in [0.717, 1.165) is 12.1 Å². The lowest BCUT2D eigenvalue weighted by Crippen LogP contribution is -2.12. The van der Waals surface area contributed by atoms with Gasteiger partial charge >= 0.3 is 11.9 Å². The molecule has 0 aliphatic rings. The third kappa shape index (κ3) is 3.92. The first-order chi connectivity index (χ1) is 11.2. The van der Waals surface area contributed by atoms with Gasteiger partial charge in [0.25, 0.3) is 0 Å². The van der Waals surface area contributed by atoms with Crippen LogP contribution in [0.15, 0.2) is 36.4 Å². The molecule has 0 unspecified atom stereocenters. The number of nitrogens with zero attached hydrogens (tertiary/aromatic N) is 1. The second kappa shape index (κ2) is 6.73. The summed E-state index contributed by atoms with van der Waals surface area (Å²) in [6.07, 6.45) is -4.69. The van der Waals surface area contributed by atoms with E-state index >= 15 is 0 Å². The molecule has 0 saturated carbocycles. The molecule has 9 heteroatoms. The number of nitro groups is 1. The van der Waals surface area contributed by atoms with Crippen molar-refractivity contribution in [3.05, 3.63) is 63.5 Å². The molecule has 0 spiro atoms. The molecule has 0 atom stereocenters. The fraction of sp³-hybridized carbons (Fsp3) is 0.200. The average molecular weight is 344 g/mol. The van der Waals surface area contributed by atoms with Gasteiger partial charge in [-0.05, 0) is 23.8 Å². The van der Waals surface area contributed by atoms with Crippen molar-refractivity contribution in [1.82, 2.24) is 0 Å². The molecule has 2 aromatic carbocycles. The van der Waals surface area contributed by atoms with E-state index in [1.165, 1.54) is 25.3 Å². The summed E-state index contributed by atoms with van der Waals surface area (Å²) in [5.41, 5.74) is -1.17. The van der Waals surface area contributed by atoms with Crippen LogP contribution in [0.4, 0.5) is 28.9 Å². The molecule has 5 nitrogen and oxygen atoms in total. The van der Waals surface area contributed by atoms with Gasteiger partial charge < -0.3 is 10.1 Å². The third-order valence-electron chi connectivity index (χ3n) is 3.24. The number of ether oxygens (including phenoxy) is 1. The maximum atomic E-state index is 13.1. The van der Waals surface area contributed by atoms with Gasteiger partial charge in [0, 0.05) is 24.4 Å². The van der Waals surface area contributed by atoms with Gasteiger partial charge in [-0.2, -0.15) is 13.2 Å². The summed E-state index contributed by atoms with van der Waals surface area (Å²) in [6.45, 7) is -0.240. The first-order valence-electron chi connectivity index (χ1n) is 6.64. The fourth-order valence-electron chi connectivity index (χ4n) is 2.10. The number of rotatable bonds is 5. The number of anilines is 1. The first kappa shape index (κ1) is 17.5. The second-order valence-corrected chi connectivity index (χ2v) is 4.80. The van der Waals surface area contributed by atoms with E-state index in [1.54, 1.807) is 0 Å². The summed E-state index contributed by atoms with van der Waals surface area (Å²) >= 11 is 0. The van der Waals surface area contributed by atoms with Crippen molar-refractivity contribution in [2.24, 2.45) is 0 Å². The number of hydrogen-bond donors (Lipinski definition) is 1. The molecule has 0 amide bonds. The zero-order chi connectivity index (χ0) is 17.9. The monoisotopic (exact) mass is 344 g/mol. The van der Waals surface area contributed by atoms with Crippen molar-refractivity contribution in [3.8, 4) is 5.75 Å². The van der Waals surface area contributed by atoms with Gasteiger partial charge in [0.15, 0.2) is 5.75 Å². The van der Waals surface area contributed by atoms with Crippen LogP contribution in [-0.4, -0.2) is 12.0 Å². The van der Waals surface area contributed by atoms with Gasteiger partial charge in [0.05, 0.1) is 17.6 Å². The SMILES string of the molecule is COc1cc(NCc2ccc(F)cc2C(F)(F)F)ccc1[N+](=O)[O-]. The molecule has 0 aromatic heterocycles. The van der Waals surface area contributed by atoms with Gasteiger partial charge in [-0.15, -0.1) is 0 Å². The number of nitro benzene ring substituents is 1. The van der Waals surface area contributed by atoms with Gasteiger partial charge in [-0.1, -0.05) is 6.07 Å². The highest BCUT2D eigenvalue weighted by Gasteiger charge is 2.33. The van der Waals surface area contributed by atoms with Crippen LogP contribution in [0.2, 0.25) is 0 Å². The smallest absolute Gasteiger partial charge is 0.416 e. The Morgan fingerprint density at radius 1 is 1.21 bits per heavy atom. The van der Waals surface area contributed by atoms with E-state index in [0.29, 0.717) is 11.8 Å². The number of alkyl halides is 3. The lowest BCUT2D eigenvalue weighted by Gasteiger charge is -2.14. The molecule has 2 rings (SSSR count). The van der Waals surface area contributed by atoms with Crippen LogP contribution in [0.25, 0.3) is 0 Å². The molecule has 0 radical (unpaired) electrons. The first-order valence-corrected chi connectivity index (χ1v) is 6.64. The quantitative estimate of drug-likeness (QED) is 0.497. The van der Waals surface area contributed by atoms with Crippen LogP contribution in [0, 0.1) is 15.9 Å². The summed E-state index contributed by atoms with van der Waals surface area (Å²) in [6, 6.07) is 6.22. The van der Waals surface area contributed by atoms with E-state index in [9.17, 15) is 27.7 Å². The van der Waals surface area contributed by atoms with Crippen molar-refractivity contribution in [2.45, 2.75) is 12.7 Å². The molecule has 0 heterocycles. The summed E-state index contributed by atoms with van der Waals surface area (Å²) in [5.74, 6) is -1.01. The average Bonchev–Trinajstić information content (AvgIpc) is 2.52. The molecule has 0 aliphatic heterocycles. The summed E-state index contributed by atoms with van der Waals surface area (Å²) in [7, 11) is 1.24. The molecule has 24 heavy (non-hydrogen) atoms. The highest BCUT2D eigenvalue weighted by molar-refractivity contribution is 5.58. The lowest BCUT2D eigenvalue weighted by molar-refractivity contribution is -0.385. The topological polar surface area (TPSA) is 64.4 Å². The third-order valence-corrected chi connectivity index (χ3v) is 3.24. The Bertz CT molecular complexity index is 763. The highest BCUT2D eigenvalue weighted by atomic mass is 19.4. The van der Waals surface area contributed by atoms with E-state index in [1.807, 2.05) is 0 Å². The van der Waals surface area contributed by atoms with E-state index in [4.69, 9.17) is 4.74 Å². The molecular formula is C15H12F4N2O3. The van der Waals surface area contributed by atoms with Crippen molar-refractivity contribution in [1.29, 1.82) is 0 Å². The number of benzene rings is 2. The molecule has 0 bridgehead atoms. The minimum Gasteiger partial charge on any atom is -0.490 e. The van der Waals surface area contributed by atoms with Crippen LogP contribution in [-0.2, 0) is 12.7 Å². The molecule has 128 valence electrons. The maximum Gasteiger partial charge on any atom is 0.416 e. The standard InChI is InChI=1S/C15H12F4N2O3/c1-24-14-7-11(4-5-13(14)21(22)23)20-8-9-2-3-10(16)6-12(9)15(17,18)19/h2-7,20H,8H2,1H3. The van der Waals surface area contributed by atoms with Crippen LogP contribution in [0.3, 0.4) is 0 Å². The minimum atomic E-state index is -4.69. The number of halogens is 4. The van der Waals surface area contributed by atoms with Gasteiger partial charge in [0.1, 0.15) is 5.82 Å². The summed E-state index contributed by atoms with van der Waals surface area (Å²) in [4.78, 5) is 10.2. The van der Waals surface area contributed by atoms with Gasteiger partial charge in [-0.25, -0.2) is 4.39 Å². The predicted molar refractivity (Wildman–Crippen MR) is 78.4 cm³/mol. The normalized spacial score (nSPS) is 11.2. The Balaban J connectivity index is 2.24. The number of nitrogens with one attached hydrogen (secondary N) is 1. The van der Waals surface area contributed by atoms with E-state index in [2.05, 4.69) is 5.32 Å². The Morgan fingerprint density at radius 3 is 2.50 bits per heavy atom. The Kier molecular flexibility index (Phi) is 4.91. The second-order valence-electron chi connectivity index (χ2n) is 4.80. The van der Waals surface area contributed by atoms with Gasteiger partial charge in [0.2, 0.25) is 0 Å².